The molecule has 0 aromatic heterocycles. The third-order valence-corrected chi connectivity index (χ3v) is 4.11. The number of rotatable bonds is 2. The number of amides is 2. The highest BCUT2D eigenvalue weighted by Gasteiger charge is 2.34. The van der Waals surface area contributed by atoms with Gasteiger partial charge in [0.25, 0.3) is 0 Å². The molecule has 2 fully saturated rings. The zero-order valence-electron chi connectivity index (χ0n) is 11.2. The third kappa shape index (κ3) is 3.03. The van der Waals surface area contributed by atoms with E-state index >= 15 is 0 Å². The van der Waals surface area contributed by atoms with E-state index in [9.17, 15) is 4.79 Å². The molecule has 0 spiro atoms. The highest BCUT2D eigenvalue weighted by atomic mass is 35.5. The van der Waals surface area contributed by atoms with Crippen LogP contribution in [0, 0.1) is 0 Å². The van der Waals surface area contributed by atoms with Crippen molar-refractivity contribution >= 4 is 35.7 Å². The van der Waals surface area contributed by atoms with Crippen molar-refractivity contribution in [1.82, 2.24) is 10.2 Å². The number of hydrogen-bond acceptors (Lipinski definition) is 2. The van der Waals surface area contributed by atoms with Gasteiger partial charge < -0.3 is 10.2 Å². The topological polar surface area (TPSA) is 35.6 Å². The van der Waals surface area contributed by atoms with Crippen molar-refractivity contribution in [3.8, 4) is 0 Å². The lowest BCUT2D eigenvalue weighted by Crippen LogP contribution is -2.47. The number of halogens is 2. The first kappa shape index (κ1) is 15.4. The maximum Gasteiger partial charge on any atom is 0.324 e. The van der Waals surface area contributed by atoms with Crippen molar-refractivity contribution in [2.45, 2.75) is 18.9 Å². The molecule has 0 unspecified atom stereocenters. The van der Waals surface area contributed by atoms with Crippen LogP contribution in [0.2, 0.25) is 5.02 Å². The third-order valence-electron chi connectivity index (χ3n) is 3.87. The molecule has 1 N–H and O–H groups in total. The van der Waals surface area contributed by atoms with Gasteiger partial charge in [0, 0.05) is 36.4 Å². The Hall–Kier alpha value is -0.970. The lowest BCUT2D eigenvalue weighted by molar-refractivity contribution is 0.187. The molecule has 0 aliphatic carbocycles. The second-order valence-electron chi connectivity index (χ2n) is 5.11. The fraction of sp³-hybridized carbons (Fsp3) is 0.500. The van der Waals surface area contributed by atoms with Crippen molar-refractivity contribution in [3.63, 3.8) is 0 Å². The van der Waals surface area contributed by atoms with E-state index in [0.717, 1.165) is 44.7 Å². The van der Waals surface area contributed by atoms with Crippen LogP contribution < -0.4 is 10.2 Å². The second-order valence-corrected chi connectivity index (χ2v) is 5.54. The van der Waals surface area contributed by atoms with Crippen LogP contribution in [-0.4, -0.2) is 43.2 Å². The molecule has 1 aromatic rings. The van der Waals surface area contributed by atoms with Crippen LogP contribution in [0.5, 0.6) is 0 Å². The summed E-state index contributed by atoms with van der Waals surface area (Å²) < 4.78 is 0. The van der Waals surface area contributed by atoms with Crippen LogP contribution in [0.25, 0.3) is 0 Å². The number of piperidine rings is 1. The summed E-state index contributed by atoms with van der Waals surface area (Å²) >= 11 is 5.99. The minimum atomic E-state index is 0. The van der Waals surface area contributed by atoms with Gasteiger partial charge in [0.05, 0.1) is 0 Å². The Morgan fingerprint density at radius 3 is 2.85 bits per heavy atom. The van der Waals surface area contributed by atoms with Crippen molar-refractivity contribution in [1.29, 1.82) is 0 Å². The quantitative estimate of drug-likeness (QED) is 0.911. The van der Waals surface area contributed by atoms with Gasteiger partial charge in [-0.1, -0.05) is 17.7 Å². The predicted molar refractivity (Wildman–Crippen MR) is 84.0 cm³/mol. The molecule has 2 amide bonds. The van der Waals surface area contributed by atoms with Gasteiger partial charge in [-0.05, 0) is 37.6 Å². The molecule has 4 nitrogen and oxygen atoms in total. The average molecular weight is 316 g/mol. The molecule has 0 radical (unpaired) electrons. The lowest BCUT2D eigenvalue weighted by atomic mass is 10.1. The van der Waals surface area contributed by atoms with Gasteiger partial charge in [-0.15, -0.1) is 12.4 Å². The molecule has 2 heterocycles. The summed E-state index contributed by atoms with van der Waals surface area (Å²) in [5.41, 5.74) is 0.892. The van der Waals surface area contributed by atoms with Gasteiger partial charge in [-0.25, -0.2) is 4.79 Å². The zero-order valence-corrected chi connectivity index (χ0v) is 12.8. The number of benzene rings is 1. The van der Waals surface area contributed by atoms with E-state index in [1.807, 2.05) is 34.1 Å². The smallest absolute Gasteiger partial charge is 0.318 e. The fourth-order valence-electron chi connectivity index (χ4n) is 2.88. The van der Waals surface area contributed by atoms with Gasteiger partial charge in [0.15, 0.2) is 0 Å². The molecule has 2 aliphatic heterocycles. The van der Waals surface area contributed by atoms with Crippen LogP contribution in [0.1, 0.15) is 12.8 Å². The van der Waals surface area contributed by atoms with Crippen LogP contribution in [-0.2, 0) is 0 Å². The Morgan fingerprint density at radius 2 is 2.15 bits per heavy atom. The summed E-state index contributed by atoms with van der Waals surface area (Å²) in [6, 6.07) is 7.94. The summed E-state index contributed by atoms with van der Waals surface area (Å²) in [6.45, 7) is 3.53. The summed E-state index contributed by atoms with van der Waals surface area (Å²) in [6.07, 6.45) is 2.24. The van der Waals surface area contributed by atoms with Gasteiger partial charge in [-0.3, -0.25) is 4.90 Å². The SMILES string of the molecule is Cl.O=C1N(c2cccc(Cl)c2)CCN1[C@@H]1CCCNC1. The monoisotopic (exact) mass is 315 g/mol. The number of nitrogens with zero attached hydrogens (tertiary/aromatic N) is 2. The number of hydrogen-bond donors (Lipinski definition) is 1. The normalized spacial score (nSPS) is 22.9. The fourth-order valence-corrected chi connectivity index (χ4v) is 3.06. The molecular formula is C14H19Cl2N3O. The van der Waals surface area contributed by atoms with Crippen molar-refractivity contribution in [2.24, 2.45) is 0 Å². The molecule has 6 heteroatoms. The van der Waals surface area contributed by atoms with Gasteiger partial charge in [-0.2, -0.15) is 0 Å². The number of carbonyl (C=O) groups is 1. The van der Waals surface area contributed by atoms with Crippen molar-refractivity contribution in [3.05, 3.63) is 29.3 Å². The molecule has 1 aromatic carbocycles. The molecule has 20 heavy (non-hydrogen) atoms. The highest BCUT2D eigenvalue weighted by molar-refractivity contribution is 6.30. The minimum absolute atomic E-state index is 0. The first-order valence-corrected chi connectivity index (χ1v) is 7.18. The Bertz CT molecular complexity index is 477. The molecule has 2 saturated heterocycles. The largest absolute Gasteiger partial charge is 0.324 e. The van der Waals surface area contributed by atoms with Crippen LogP contribution in [0.15, 0.2) is 24.3 Å². The average Bonchev–Trinajstić information content (AvgIpc) is 2.81. The van der Waals surface area contributed by atoms with Crippen molar-refractivity contribution < 1.29 is 4.79 Å². The highest BCUT2D eigenvalue weighted by Crippen LogP contribution is 2.25. The van der Waals surface area contributed by atoms with E-state index in [2.05, 4.69) is 5.32 Å². The van der Waals surface area contributed by atoms with E-state index < -0.39 is 0 Å². The summed E-state index contributed by atoms with van der Waals surface area (Å²) in [7, 11) is 0. The zero-order chi connectivity index (χ0) is 13.2. The lowest BCUT2D eigenvalue weighted by Gasteiger charge is -2.31. The van der Waals surface area contributed by atoms with E-state index in [0.29, 0.717) is 11.1 Å². The van der Waals surface area contributed by atoms with Crippen LogP contribution in [0.4, 0.5) is 10.5 Å². The number of urea groups is 1. The van der Waals surface area contributed by atoms with Gasteiger partial charge >= 0.3 is 6.03 Å². The Balaban J connectivity index is 0.00000147. The predicted octanol–water partition coefficient (Wildman–Crippen LogP) is 2.76. The summed E-state index contributed by atoms with van der Waals surface area (Å²) in [4.78, 5) is 16.3. The molecule has 1 atom stereocenters. The van der Waals surface area contributed by atoms with E-state index in [1.54, 1.807) is 0 Å². The van der Waals surface area contributed by atoms with E-state index in [-0.39, 0.29) is 18.4 Å². The van der Waals surface area contributed by atoms with Gasteiger partial charge in [0.1, 0.15) is 0 Å². The molecular weight excluding hydrogens is 297 g/mol. The second kappa shape index (κ2) is 6.66. The molecule has 110 valence electrons. The first-order chi connectivity index (χ1) is 9.25. The van der Waals surface area contributed by atoms with Gasteiger partial charge in [0.2, 0.25) is 0 Å². The van der Waals surface area contributed by atoms with E-state index in [1.165, 1.54) is 0 Å². The Kier molecular flexibility index (Phi) is 5.13. The van der Waals surface area contributed by atoms with Crippen LogP contribution in [0.3, 0.4) is 0 Å². The first-order valence-electron chi connectivity index (χ1n) is 6.80. The van der Waals surface area contributed by atoms with Crippen molar-refractivity contribution in [2.75, 3.05) is 31.1 Å². The maximum absolute atomic E-state index is 12.5. The maximum atomic E-state index is 12.5. The number of carbonyl (C=O) groups excluding carboxylic acids is 1. The standard InChI is InChI=1S/C14H18ClN3O.ClH/c15-11-3-1-4-12(9-11)17-7-8-18(14(17)19)13-5-2-6-16-10-13;/h1,3-4,9,13,16H,2,5-8,10H2;1H/t13-;/m1./s1. The van der Waals surface area contributed by atoms with Crippen LogP contribution >= 0.6 is 24.0 Å². The summed E-state index contributed by atoms with van der Waals surface area (Å²) in [5, 5.41) is 4.03. The number of nitrogens with one attached hydrogen (secondary N) is 1. The molecule has 2 aliphatic rings. The minimum Gasteiger partial charge on any atom is -0.318 e. The summed E-state index contributed by atoms with van der Waals surface area (Å²) in [5.74, 6) is 0. The Labute approximate surface area is 130 Å². The molecule has 0 bridgehead atoms. The van der Waals surface area contributed by atoms with E-state index in [4.69, 9.17) is 11.6 Å². The molecule has 3 rings (SSSR count). The number of anilines is 1. The Morgan fingerprint density at radius 1 is 1.30 bits per heavy atom. The molecule has 0 saturated carbocycles.